The maximum Gasteiger partial charge on any atom is 4.00 e. The zero-order chi connectivity index (χ0) is 12.6. The zero-order valence-electron chi connectivity index (χ0n) is 9.02. The standard InChI is InChI=1S/C4H9.C2H5.2CH3NS2.Mo/c1-3-4-2;1-2;2*2-1(3)4;/h1,3-4H2,2H3;1H2,2H3;2*(H3,2,3,4);/q2*-1;;;+4/p-2. The molecule has 0 saturated heterocycles. The molecule has 0 fully saturated rings. The molecular formula is C8H18MoN2S4. The van der Waals surface area contributed by atoms with Crippen molar-refractivity contribution in [2.24, 2.45) is 11.5 Å². The third kappa shape index (κ3) is 682. The third-order valence-electron chi connectivity index (χ3n) is 0.354. The summed E-state index contributed by atoms with van der Waals surface area (Å²) in [4.78, 5) is 0. The second kappa shape index (κ2) is 36.3. The van der Waals surface area contributed by atoms with Crippen LogP contribution in [0.5, 0.6) is 0 Å². The quantitative estimate of drug-likeness (QED) is 0.321. The molecule has 90 valence electrons. The molecule has 0 rings (SSSR count). The molecule has 0 radical (unpaired) electrons. The van der Waals surface area contributed by atoms with E-state index in [4.69, 9.17) is 0 Å². The molecule has 0 spiro atoms. The van der Waals surface area contributed by atoms with Crippen molar-refractivity contribution >= 4 is 58.3 Å². The van der Waals surface area contributed by atoms with Crippen molar-refractivity contribution in [3.8, 4) is 0 Å². The molecule has 7 heteroatoms. The van der Waals surface area contributed by atoms with Gasteiger partial charge in [-0.2, -0.15) is 13.3 Å². The molecule has 0 heterocycles. The first-order valence-corrected chi connectivity index (χ1v) is 5.44. The molecule has 0 unspecified atom stereocenters. The number of nitrogens with two attached hydrogens (primary N) is 2. The second-order valence-corrected chi connectivity index (χ2v) is 3.77. The molecule has 0 amide bonds. The van der Waals surface area contributed by atoms with Crippen LogP contribution in [0.2, 0.25) is 0 Å². The average Bonchev–Trinajstić information content (AvgIpc) is 2.05. The summed E-state index contributed by atoms with van der Waals surface area (Å²) in [5, 5.41) is 0. The molecule has 0 saturated carbocycles. The minimum Gasteiger partial charge on any atom is -0.415 e. The Labute approximate surface area is 130 Å². The summed E-state index contributed by atoms with van der Waals surface area (Å²) in [5.74, 6) is 0. The summed E-state index contributed by atoms with van der Waals surface area (Å²) in [5.41, 5.74) is 9.31. The van der Waals surface area contributed by atoms with E-state index in [-0.39, 0.29) is 29.7 Å². The zero-order valence-corrected chi connectivity index (χ0v) is 14.3. The van der Waals surface area contributed by atoms with Crippen LogP contribution in [0.1, 0.15) is 26.7 Å². The Morgan fingerprint density at radius 2 is 1.20 bits per heavy atom. The number of hydrogen-bond donors (Lipinski definition) is 2. The normalized spacial score (nSPS) is 5.60. The van der Waals surface area contributed by atoms with Gasteiger partial charge in [-0.25, -0.2) is 0 Å². The molecule has 0 aliphatic heterocycles. The van der Waals surface area contributed by atoms with Gasteiger partial charge in [0.05, 0.1) is 0 Å². The van der Waals surface area contributed by atoms with Gasteiger partial charge in [-0.15, -0.1) is 0 Å². The summed E-state index contributed by atoms with van der Waals surface area (Å²) in [7, 11) is 0. The molecule has 15 heavy (non-hydrogen) atoms. The van der Waals surface area contributed by atoms with Crippen molar-refractivity contribution in [3.63, 3.8) is 0 Å². The summed E-state index contributed by atoms with van der Waals surface area (Å²) in [6.07, 6.45) is 2.28. The van der Waals surface area contributed by atoms with Gasteiger partial charge >= 0.3 is 21.1 Å². The SMILES string of the molecule is NC(=S)[S-].NC(=S)[S-].[CH2-]C.[CH2-]CCC.[Mo+4]. The van der Waals surface area contributed by atoms with E-state index < -0.39 is 0 Å². The minimum atomic E-state index is 0. The predicted octanol–water partition coefficient (Wildman–Crippen LogP) is 2.01. The van der Waals surface area contributed by atoms with Gasteiger partial charge in [0.15, 0.2) is 0 Å². The average molecular weight is 366 g/mol. The van der Waals surface area contributed by atoms with Gasteiger partial charge in [0.25, 0.3) is 0 Å². The van der Waals surface area contributed by atoms with Gasteiger partial charge in [-0.3, -0.25) is 0 Å². The van der Waals surface area contributed by atoms with Crippen molar-refractivity contribution in [2.45, 2.75) is 26.7 Å². The molecule has 4 N–H and O–H groups in total. The largest absolute Gasteiger partial charge is 4.00 e. The predicted molar refractivity (Wildman–Crippen MR) is 79.6 cm³/mol. The third-order valence-corrected chi connectivity index (χ3v) is 0.354. The Bertz CT molecular complexity index is 101. The maximum atomic E-state index is 4.66. The Morgan fingerprint density at radius 1 is 1.13 bits per heavy atom. The fraction of sp³-hybridized carbons (Fsp3) is 0.500. The fourth-order valence-corrected chi connectivity index (χ4v) is 0. The van der Waals surface area contributed by atoms with E-state index in [0.717, 1.165) is 6.42 Å². The van der Waals surface area contributed by atoms with Crippen molar-refractivity contribution < 1.29 is 21.1 Å². The fourth-order valence-electron chi connectivity index (χ4n) is 0. The van der Waals surface area contributed by atoms with Crippen molar-refractivity contribution in [1.29, 1.82) is 0 Å². The Morgan fingerprint density at radius 3 is 1.20 bits per heavy atom. The van der Waals surface area contributed by atoms with E-state index in [9.17, 15) is 0 Å². The Kier molecular flexibility index (Phi) is 72.0. The molecule has 0 aliphatic carbocycles. The van der Waals surface area contributed by atoms with Crippen LogP contribution in [0.15, 0.2) is 0 Å². The van der Waals surface area contributed by atoms with Gasteiger partial charge in [-0.1, -0.05) is 22.0 Å². The van der Waals surface area contributed by atoms with Crippen LogP contribution in [-0.2, 0) is 46.3 Å². The first kappa shape index (κ1) is 29.7. The monoisotopic (exact) mass is 368 g/mol. The number of unbranched alkanes of at least 4 members (excludes halogenated alkanes) is 1. The summed E-state index contributed by atoms with van der Waals surface area (Å²) >= 11 is 16.5. The number of rotatable bonds is 1. The minimum absolute atomic E-state index is 0. The van der Waals surface area contributed by atoms with E-state index >= 15 is 0 Å². The Hall–Kier alpha value is 0.908. The van der Waals surface area contributed by atoms with Crippen molar-refractivity contribution in [1.82, 2.24) is 0 Å². The van der Waals surface area contributed by atoms with E-state index in [1.54, 1.807) is 6.92 Å². The molecule has 2 nitrogen and oxygen atoms in total. The van der Waals surface area contributed by atoms with Gasteiger partial charge in [0, 0.05) is 0 Å². The van der Waals surface area contributed by atoms with E-state index in [2.05, 4.69) is 81.9 Å². The molecule has 0 aromatic heterocycles. The molecule has 0 atom stereocenters. The van der Waals surface area contributed by atoms with Crippen molar-refractivity contribution in [3.05, 3.63) is 13.8 Å². The summed E-state index contributed by atoms with van der Waals surface area (Å²) in [6.45, 7) is 10.7. The van der Waals surface area contributed by atoms with Crippen LogP contribution in [0.3, 0.4) is 0 Å². The second-order valence-electron chi connectivity index (χ2n) is 1.49. The molecule has 0 aliphatic rings. The summed E-state index contributed by atoms with van der Waals surface area (Å²) in [6, 6.07) is 0. The summed E-state index contributed by atoms with van der Waals surface area (Å²) < 4.78 is 0.167. The van der Waals surface area contributed by atoms with Gasteiger partial charge in [-0.05, 0) is 0 Å². The first-order chi connectivity index (χ1) is 6.38. The smallest absolute Gasteiger partial charge is 0.415 e. The maximum absolute atomic E-state index is 4.66. The van der Waals surface area contributed by atoms with Gasteiger partial charge < -0.3 is 75.0 Å². The van der Waals surface area contributed by atoms with E-state index in [1.165, 1.54) is 6.42 Å². The van der Waals surface area contributed by atoms with E-state index in [0.29, 0.717) is 0 Å². The topological polar surface area (TPSA) is 52.0 Å². The number of thiocarbonyl (C=S) groups is 2. The van der Waals surface area contributed by atoms with Crippen LogP contribution in [0.25, 0.3) is 0 Å². The Balaban J connectivity index is -0.0000000298. The first-order valence-electron chi connectivity index (χ1n) is 3.81. The van der Waals surface area contributed by atoms with Crippen molar-refractivity contribution in [2.75, 3.05) is 0 Å². The molecular weight excluding hydrogens is 348 g/mol. The molecule has 0 bridgehead atoms. The van der Waals surface area contributed by atoms with Crippen LogP contribution >= 0.6 is 24.4 Å². The van der Waals surface area contributed by atoms with Gasteiger partial charge in [0.2, 0.25) is 0 Å². The van der Waals surface area contributed by atoms with Crippen LogP contribution < -0.4 is 11.5 Å². The molecule has 0 aromatic rings. The number of hydrogen-bond acceptors (Lipinski definition) is 4. The van der Waals surface area contributed by atoms with Crippen LogP contribution in [0.4, 0.5) is 0 Å². The van der Waals surface area contributed by atoms with E-state index in [1.807, 2.05) is 0 Å². The van der Waals surface area contributed by atoms with Crippen LogP contribution in [0, 0.1) is 13.8 Å². The van der Waals surface area contributed by atoms with Gasteiger partial charge in [0.1, 0.15) is 0 Å². The molecule has 0 aromatic carbocycles. The van der Waals surface area contributed by atoms with Crippen LogP contribution in [-0.4, -0.2) is 8.64 Å².